The minimum Gasteiger partial charge on any atom is -0.434 e. The number of hydrazine groups is 1. The number of hydrogen-bond acceptors (Lipinski definition) is 3. The number of alkyl halides is 2. The number of ether oxygens (including phenoxy) is 1. The molecule has 0 aliphatic heterocycles. The third-order valence-electron chi connectivity index (χ3n) is 2.94. The molecule has 2 rings (SSSR count). The lowest BCUT2D eigenvalue weighted by Gasteiger charge is -2.11. The lowest BCUT2D eigenvalue weighted by Crippen LogP contribution is -2.42. The molecule has 0 aliphatic carbocycles. The Morgan fingerprint density at radius 2 is 1.67 bits per heavy atom. The van der Waals surface area contributed by atoms with Gasteiger partial charge in [-0.3, -0.25) is 20.4 Å². The summed E-state index contributed by atoms with van der Waals surface area (Å²) in [6, 6.07) is 10.7. The average Bonchev–Trinajstić information content (AvgIpc) is 2.55. The van der Waals surface area contributed by atoms with Gasteiger partial charge >= 0.3 is 6.61 Å². The second kappa shape index (κ2) is 8.00. The van der Waals surface area contributed by atoms with Gasteiger partial charge in [-0.25, -0.2) is 4.39 Å². The molecule has 0 saturated heterocycles. The number of para-hydroxylation sites is 1. The van der Waals surface area contributed by atoms with Crippen LogP contribution in [0.2, 0.25) is 0 Å². The maximum Gasteiger partial charge on any atom is 0.387 e. The first-order valence-corrected chi connectivity index (χ1v) is 6.83. The van der Waals surface area contributed by atoms with E-state index in [1.165, 1.54) is 48.5 Å². The lowest BCUT2D eigenvalue weighted by molar-refractivity contribution is -0.121. The van der Waals surface area contributed by atoms with Crippen molar-refractivity contribution in [2.24, 2.45) is 0 Å². The minimum absolute atomic E-state index is 0.0876. The number of benzene rings is 2. The minimum atomic E-state index is -3.08. The molecule has 0 aliphatic rings. The summed E-state index contributed by atoms with van der Waals surface area (Å²) >= 11 is 0. The van der Waals surface area contributed by atoms with Crippen molar-refractivity contribution in [3.63, 3.8) is 0 Å². The molecule has 2 aromatic rings. The van der Waals surface area contributed by atoms with E-state index in [9.17, 15) is 22.8 Å². The highest BCUT2D eigenvalue weighted by Crippen LogP contribution is 2.19. The van der Waals surface area contributed by atoms with Crippen LogP contribution < -0.4 is 15.6 Å². The third kappa shape index (κ3) is 5.01. The first kappa shape index (κ1) is 17.3. The van der Waals surface area contributed by atoms with Crippen LogP contribution in [0.15, 0.2) is 48.5 Å². The van der Waals surface area contributed by atoms with E-state index in [1.807, 2.05) is 0 Å². The zero-order valence-corrected chi connectivity index (χ0v) is 12.3. The molecule has 0 heterocycles. The number of rotatable bonds is 5. The van der Waals surface area contributed by atoms with Gasteiger partial charge in [0.25, 0.3) is 5.91 Å². The van der Waals surface area contributed by atoms with Crippen LogP contribution >= 0.6 is 0 Å². The Labute approximate surface area is 135 Å². The van der Waals surface area contributed by atoms with E-state index in [2.05, 4.69) is 15.6 Å². The van der Waals surface area contributed by atoms with Crippen molar-refractivity contribution in [1.82, 2.24) is 10.9 Å². The van der Waals surface area contributed by atoms with Crippen LogP contribution in [0.5, 0.6) is 5.75 Å². The predicted octanol–water partition coefficient (Wildman–Crippen LogP) is 2.43. The average molecular weight is 338 g/mol. The fourth-order valence-corrected chi connectivity index (χ4v) is 1.88. The van der Waals surface area contributed by atoms with E-state index in [1.54, 1.807) is 0 Å². The molecule has 2 N–H and O–H groups in total. The van der Waals surface area contributed by atoms with Crippen LogP contribution in [0.3, 0.4) is 0 Å². The van der Waals surface area contributed by atoms with E-state index < -0.39 is 24.2 Å². The van der Waals surface area contributed by atoms with Crippen molar-refractivity contribution in [2.75, 3.05) is 0 Å². The summed E-state index contributed by atoms with van der Waals surface area (Å²) < 4.78 is 41.6. The Balaban J connectivity index is 1.93. The van der Waals surface area contributed by atoms with Gasteiger partial charge in [0, 0.05) is 0 Å². The molecule has 0 spiro atoms. The molecular weight excluding hydrogens is 325 g/mol. The summed E-state index contributed by atoms with van der Waals surface area (Å²) in [7, 11) is 0. The van der Waals surface area contributed by atoms with E-state index in [0.717, 1.165) is 0 Å². The summed E-state index contributed by atoms with van der Waals surface area (Å²) in [5, 5.41) is 0. The largest absolute Gasteiger partial charge is 0.434 e. The van der Waals surface area contributed by atoms with Crippen LogP contribution in [0.4, 0.5) is 13.2 Å². The second-order valence-electron chi connectivity index (χ2n) is 4.68. The number of amides is 2. The number of halogens is 3. The maximum atomic E-state index is 12.8. The van der Waals surface area contributed by atoms with Crippen molar-refractivity contribution < 1.29 is 27.5 Å². The van der Waals surface area contributed by atoms with Gasteiger partial charge in [0.05, 0.1) is 12.0 Å². The SMILES string of the molecule is O=C(Cc1ccc(F)cc1)NNC(=O)c1ccccc1OC(F)F. The van der Waals surface area contributed by atoms with Crippen molar-refractivity contribution >= 4 is 11.8 Å². The highest BCUT2D eigenvalue weighted by Gasteiger charge is 2.15. The summed E-state index contributed by atoms with van der Waals surface area (Å²) in [6.45, 7) is -3.08. The number of carbonyl (C=O) groups excluding carboxylic acids is 2. The van der Waals surface area contributed by atoms with Crippen molar-refractivity contribution in [3.8, 4) is 5.75 Å². The van der Waals surface area contributed by atoms with E-state index in [4.69, 9.17) is 0 Å². The van der Waals surface area contributed by atoms with Crippen LogP contribution in [0.25, 0.3) is 0 Å². The summed E-state index contributed by atoms with van der Waals surface area (Å²) in [4.78, 5) is 23.7. The molecule has 5 nitrogen and oxygen atoms in total. The molecule has 0 radical (unpaired) electrons. The van der Waals surface area contributed by atoms with Gasteiger partial charge in [-0.05, 0) is 29.8 Å². The smallest absolute Gasteiger partial charge is 0.387 e. The van der Waals surface area contributed by atoms with Gasteiger partial charge in [-0.15, -0.1) is 0 Å². The molecule has 2 amide bonds. The molecule has 8 heteroatoms. The molecule has 0 bridgehead atoms. The molecule has 0 aromatic heterocycles. The summed E-state index contributed by atoms with van der Waals surface area (Å²) in [6.07, 6.45) is -0.0876. The van der Waals surface area contributed by atoms with Crippen LogP contribution in [0.1, 0.15) is 15.9 Å². The fourth-order valence-electron chi connectivity index (χ4n) is 1.88. The van der Waals surface area contributed by atoms with Gasteiger partial charge in [-0.2, -0.15) is 8.78 Å². The van der Waals surface area contributed by atoms with Gasteiger partial charge in [-0.1, -0.05) is 24.3 Å². The summed E-state index contributed by atoms with van der Waals surface area (Å²) in [5.41, 5.74) is 4.65. The standard InChI is InChI=1S/C16H13F3N2O3/c17-11-7-5-10(6-8-11)9-14(22)20-21-15(23)12-3-1-2-4-13(12)24-16(18)19/h1-8,16H,9H2,(H,20,22)(H,21,23). The summed E-state index contributed by atoms with van der Waals surface area (Å²) in [5.74, 6) is -2.10. The number of hydrogen-bond donors (Lipinski definition) is 2. The Bertz CT molecular complexity index is 721. The zero-order valence-electron chi connectivity index (χ0n) is 12.3. The molecule has 2 aromatic carbocycles. The van der Waals surface area contributed by atoms with Crippen molar-refractivity contribution in [3.05, 3.63) is 65.5 Å². The Morgan fingerprint density at radius 1 is 1.00 bits per heavy atom. The van der Waals surface area contributed by atoms with E-state index in [-0.39, 0.29) is 17.7 Å². The Morgan fingerprint density at radius 3 is 2.33 bits per heavy atom. The quantitative estimate of drug-likeness (QED) is 0.823. The normalized spacial score (nSPS) is 10.3. The molecular formula is C16H13F3N2O3. The maximum absolute atomic E-state index is 12.8. The molecule has 0 saturated carbocycles. The molecule has 0 fully saturated rings. The first-order chi connectivity index (χ1) is 11.5. The van der Waals surface area contributed by atoms with Gasteiger partial charge < -0.3 is 4.74 Å². The Kier molecular flexibility index (Phi) is 5.78. The molecule has 0 unspecified atom stereocenters. The highest BCUT2D eigenvalue weighted by molar-refractivity contribution is 5.97. The van der Waals surface area contributed by atoms with Gasteiger partial charge in [0.2, 0.25) is 5.91 Å². The van der Waals surface area contributed by atoms with Crippen molar-refractivity contribution in [1.29, 1.82) is 0 Å². The van der Waals surface area contributed by atoms with E-state index >= 15 is 0 Å². The first-order valence-electron chi connectivity index (χ1n) is 6.83. The second-order valence-corrected chi connectivity index (χ2v) is 4.68. The van der Waals surface area contributed by atoms with Gasteiger partial charge in [0.15, 0.2) is 0 Å². The third-order valence-corrected chi connectivity index (χ3v) is 2.94. The molecule has 126 valence electrons. The number of carbonyl (C=O) groups is 2. The Hall–Kier alpha value is -3.03. The van der Waals surface area contributed by atoms with Crippen LogP contribution in [-0.4, -0.2) is 18.4 Å². The monoisotopic (exact) mass is 338 g/mol. The van der Waals surface area contributed by atoms with Crippen LogP contribution in [-0.2, 0) is 11.2 Å². The number of nitrogens with one attached hydrogen (secondary N) is 2. The van der Waals surface area contributed by atoms with E-state index in [0.29, 0.717) is 5.56 Å². The van der Waals surface area contributed by atoms with Crippen LogP contribution in [0, 0.1) is 5.82 Å². The highest BCUT2D eigenvalue weighted by atomic mass is 19.3. The van der Waals surface area contributed by atoms with Gasteiger partial charge in [0.1, 0.15) is 11.6 Å². The molecule has 0 atom stereocenters. The topological polar surface area (TPSA) is 67.4 Å². The fraction of sp³-hybridized carbons (Fsp3) is 0.125. The predicted molar refractivity (Wildman–Crippen MR) is 78.8 cm³/mol. The molecule has 24 heavy (non-hydrogen) atoms. The lowest BCUT2D eigenvalue weighted by atomic mass is 10.1. The zero-order chi connectivity index (χ0) is 17.5. The van der Waals surface area contributed by atoms with Crippen molar-refractivity contribution in [2.45, 2.75) is 13.0 Å².